The minimum Gasteiger partial charge on any atom is -0.497 e. The van der Waals surface area contributed by atoms with E-state index in [-0.39, 0.29) is 0 Å². The highest BCUT2D eigenvalue weighted by Crippen LogP contribution is 2.20. The summed E-state index contributed by atoms with van der Waals surface area (Å²) in [6, 6.07) is 7.58. The normalized spacial score (nSPS) is 18.9. The Balaban J connectivity index is 1.95. The third-order valence-corrected chi connectivity index (χ3v) is 3.01. The second-order valence-electron chi connectivity index (χ2n) is 4.21. The highest BCUT2D eigenvalue weighted by molar-refractivity contribution is 5.29. The molecule has 94 valence electrons. The Morgan fingerprint density at radius 1 is 1.41 bits per heavy atom. The molecule has 1 aromatic carbocycles. The summed E-state index contributed by atoms with van der Waals surface area (Å²) in [5, 5.41) is 10.2. The van der Waals surface area contributed by atoms with Crippen molar-refractivity contribution in [3.63, 3.8) is 0 Å². The van der Waals surface area contributed by atoms with Gasteiger partial charge in [-0.05, 0) is 17.7 Å². The summed E-state index contributed by atoms with van der Waals surface area (Å²) in [4.78, 5) is 2.22. The fraction of sp³-hybridized carbons (Fsp3) is 0.538. The number of hydrogen-bond donors (Lipinski definition) is 1. The van der Waals surface area contributed by atoms with Gasteiger partial charge in [0.05, 0.1) is 26.4 Å². The topological polar surface area (TPSA) is 41.9 Å². The number of benzene rings is 1. The molecule has 0 aromatic heterocycles. The average molecular weight is 237 g/mol. The Kier molecular flexibility index (Phi) is 4.36. The van der Waals surface area contributed by atoms with E-state index >= 15 is 0 Å². The summed E-state index contributed by atoms with van der Waals surface area (Å²) in [6.07, 6.45) is -0.469. The van der Waals surface area contributed by atoms with Crippen LogP contribution in [0.1, 0.15) is 11.7 Å². The predicted molar refractivity (Wildman–Crippen MR) is 65.2 cm³/mol. The highest BCUT2D eigenvalue weighted by Gasteiger charge is 2.16. The second-order valence-corrected chi connectivity index (χ2v) is 4.21. The van der Waals surface area contributed by atoms with Crippen LogP contribution >= 0.6 is 0 Å². The van der Waals surface area contributed by atoms with Crippen molar-refractivity contribution in [2.45, 2.75) is 6.10 Å². The van der Waals surface area contributed by atoms with Gasteiger partial charge in [-0.25, -0.2) is 0 Å². The molecule has 1 fully saturated rings. The van der Waals surface area contributed by atoms with Crippen molar-refractivity contribution in [3.8, 4) is 5.75 Å². The van der Waals surface area contributed by atoms with Crippen molar-refractivity contribution < 1.29 is 14.6 Å². The van der Waals surface area contributed by atoms with E-state index in [9.17, 15) is 5.11 Å². The summed E-state index contributed by atoms with van der Waals surface area (Å²) in [7, 11) is 1.63. The third kappa shape index (κ3) is 3.43. The second kappa shape index (κ2) is 6.00. The Labute approximate surface area is 102 Å². The van der Waals surface area contributed by atoms with Gasteiger partial charge in [0.25, 0.3) is 0 Å². The van der Waals surface area contributed by atoms with Crippen LogP contribution in [-0.4, -0.2) is 50.0 Å². The molecule has 0 saturated carbocycles. The Morgan fingerprint density at radius 3 is 2.88 bits per heavy atom. The van der Waals surface area contributed by atoms with Crippen LogP contribution in [0.25, 0.3) is 0 Å². The van der Waals surface area contributed by atoms with E-state index in [0.29, 0.717) is 6.54 Å². The first kappa shape index (κ1) is 12.4. The highest BCUT2D eigenvalue weighted by atomic mass is 16.5. The molecule has 0 spiro atoms. The largest absolute Gasteiger partial charge is 0.497 e. The van der Waals surface area contributed by atoms with Gasteiger partial charge in [0.2, 0.25) is 0 Å². The molecule has 1 saturated heterocycles. The van der Waals surface area contributed by atoms with E-state index in [4.69, 9.17) is 9.47 Å². The molecule has 0 bridgehead atoms. The lowest BCUT2D eigenvalue weighted by Crippen LogP contribution is -2.38. The van der Waals surface area contributed by atoms with E-state index in [1.165, 1.54) is 0 Å². The maximum Gasteiger partial charge on any atom is 0.119 e. The number of methoxy groups -OCH3 is 1. The zero-order chi connectivity index (χ0) is 12.1. The van der Waals surface area contributed by atoms with Crippen molar-refractivity contribution in [1.82, 2.24) is 4.90 Å². The Morgan fingerprint density at radius 2 is 2.18 bits per heavy atom. The van der Waals surface area contributed by atoms with Crippen LogP contribution in [-0.2, 0) is 4.74 Å². The molecule has 0 aliphatic carbocycles. The van der Waals surface area contributed by atoms with Crippen LogP contribution in [0.15, 0.2) is 24.3 Å². The fourth-order valence-electron chi connectivity index (χ4n) is 1.98. The van der Waals surface area contributed by atoms with Crippen LogP contribution in [0.2, 0.25) is 0 Å². The van der Waals surface area contributed by atoms with Gasteiger partial charge < -0.3 is 14.6 Å². The first-order valence-corrected chi connectivity index (χ1v) is 5.91. The average Bonchev–Trinajstić information content (AvgIpc) is 2.40. The number of morpholine rings is 1. The molecule has 1 aromatic rings. The van der Waals surface area contributed by atoms with Crippen molar-refractivity contribution in [3.05, 3.63) is 29.8 Å². The lowest BCUT2D eigenvalue weighted by molar-refractivity contribution is 0.0143. The summed E-state index contributed by atoms with van der Waals surface area (Å²) in [5.41, 5.74) is 0.899. The fourth-order valence-corrected chi connectivity index (χ4v) is 1.98. The number of rotatable bonds is 4. The van der Waals surface area contributed by atoms with E-state index in [1.807, 2.05) is 24.3 Å². The molecule has 2 rings (SSSR count). The molecule has 1 aliphatic rings. The molecule has 0 amide bonds. The zero-order valence-electron chi connectivity index (χ0n) is 10.1. The van der Waals surface area contributed by atoms with Crippen LogP contribution in [0.3, 0.4) is 0 Å². The molecule has 0 radical (unpaired) electrons. The molecular weight excluding hydrogens is 218 g/mol. The van der Waals surface area contributed by atoms with E-state index in [1.54, 1.807) is 7.11 Å². The van der Waals surface area contributed by atoms with Gasteiger partial charge in [-0.1, -0.05) is 12.1 Å². The van der Waals surface area contributed by atoms with Crippen molar-refractivity contribution >= 4 is 0 Å². The van der Waals surface area contributed by atoms with Gasteiger partial charge in [-0.3, -0.25) is 4.90 Å². The maximum atomic E-state index is 10.2. The molecule has 1 aliphatic heterocycles. The summed E-state index contributed by atoms with van der Waals surface area (Å²) in [6.45, 7) is 3.94. The van der Waals surface area contributed by atoms with Gasteiger partial charge in [0, 0.05) is 19.6 Å². The van der Waals surface area contributed by atoms with Gasteiger partial charge in [0.1, 0.15) is 5.75 Å². The molecule has 17 heavy (non-hydrogen) atoms. The first-order valence-electron chi connectivity index (χ1n) is 5.91. The number of aliphatic hydroxyl groups is 1. The molecule has 1 N–H and O–H groups in total. The lowest BCUT2D eigenvalue weighted by atomic mass is 10.1. The van der Waals surface area contributed by atoms with E-state index in [2.05, 4.69) is 4.90 Å². The molecule has 0 unspecified atom stereocenters. The summed E-state index contributed by atoms with van der Waals surface area (Å²) in [5.74, 6) is 0.781. The predicted octanol–water partition coefficient (Wildman–Crippen LogP) is 1.06. The van der Waals surface area contributed by atoms with Crippen LogP contribution in [0.4, 0.5) is 0 Å². The molecule has 4 heteroatoms. The minimum absolute atomic E-state index is 0.469. The molecule has 1 heterocycles. The maximum absolute atomic E-state index is 10.2. The number of β-amino-alcohol motifs (C(OH)–C–C–N with tert-alkyl or cyclic N) is 1. The molecule has 4 nitrogen and oxygen atoms in total. The monoisotopic (exact) mass is 237 g/mol. The van der Waals surface area contributed by atoms with Crippen molar-refractivity contribution in [1.29, 1.82) is 0 Å². The lowest BCUT2D eigenvalue weighted by Gasteiger charge is -2.28. The number of hydrogen-bond acceptors (Lipinski definition) is 4. The SMILES string of the molecule is COc1cccc([C@H](O)CN2CCOCC2)c1. The Hall–Kier alpha value is -1.10. The summed E-state index contributed by atoms with van der Waals surface area (Å²) >= 11 is 0. The quantitative estimate of drug-likeness (QED) is 0.850. The van der Waals surface area contributed by atoms with Crippen molar-refractivity contribution in [2.75, 3.05) is 40.0 Å². The number of ether oxygens (including phenoxy) is 2. The van der Waals surface area contributed by atoms with Gasteiger partial charge in [-0.15, -0.1) is 0 Å². The molecular formula is C13H19NO3. The van der Waals surface area contributed by atoms with Gasteiger partial charge >= 0.3 is 0 Å². The van der Waals surface area contributed by atoms with Crippen LogP contribution in [0, 0.1) is 0 Å². The zero-order valence-corrected chi connectivity index (χ0v) is 10.1. The first-order chi connectivity index (χ1) is 8.29. The minimum atomic E-state index is -0.469. The van der Waals surface area contributed by atoms with Gasteiger partial charge in [-0.2, -0.15) is 0 Å². The summed E-state index contributed by atoms with van der Waals surface area (Å²) < 4.78 is 10.4. The van der Waals surface area contributed by atoms with Gasteiger partial charge in [0.15, 0.2) is 0 Å². The van der Waals surface area contributed by atoms with E-state index in [0.717, 1.165) is 37.6 Å². The Bertz CT molecular complexity index is 350. The van der Waals surface area contributed by atoms with Crippen LogP contribution < -0.4 is 4.74 Å². The third-order valence-electron chi connectivity index (χ3n) is 3.01. The van der Waals surface area contributed by atoms with E-state index < -0.39 is 6.10 Å². The van der Waals surface area contributed by atoms with Crippen LogP contribution in [0.5, 0.6) is 5.75 Å². The number of nitrogens with zero attached hydrogens (tertiary/aromatic N) is 1. The number of aliphatic hydroxyl groups excluding tert-OH is 1. The standard InChI is InChI=1S/C13H19NO3/c1-16-12-4-2-3-11(9-12)13(15)10-14-5-7-17-8-6-14/h2-4,9,13,15H,5-8,10H2,1H3/t13-/m1/s1. The molecule has 1 atom stereocenters. The smallest absolute Gasteiger partial charge is 0.119 e. The van der Waals surface area contributed by atoms with Crippen molar-refractivity contribution in [2.24, 2.45) is 0 Å².